The molecule has 0 aliphatic rings. The number of aromatic nitrogens is 2. The van der Waals surface area contributed by atoms with Crippen molar-refractivity contribution in [2.24, 2.45) is 10.2 Å². The van der Waals surface area contributed by atoms with Gasteiger partial charge < -0.3 is 20.4 Å². The monoisotopic (exact) mass is 562 g/mol. The normalized spacial score (nSPS) is 13.0. The van der Waals surface area contributed by atoms with Crippen molar-refractivity contribution in [3.63, 3.8) is 0 Å². The van der Waals surface area contributed by atoms with Crippen LogP contribution in [0.1, 0.15) is 25.0 Å². The molecule has 15 heteroatoms. The Hall–Kier alpha value is -3.82. The number of rotatable bonds is 10. The van der Waals surface area contributed by atoms with E-state index < -0.39 is 22.3 Å². The number of carbonyl (C=O) groups excluding carboxylic acids is 2. The smallest absolute Gasteiger partial charge is 0.253 e. The van der Waals surface area contributed by atoms with E-state index in [-0.39, 0.29) is 23.0 Å². The number of carbonyl (C=O) groups is 2. The molecular weight excluding hydrogens is 540 g/mol. The van der Waals surface area contributed by atoms with Crippen LogP contribution in [0.2, 0.25) is 0 Å². The highest BCUT2D eigenvalue weighted by Gasteiger charge is 2.20. The predicted octanol–water partition coefficient (Wildman–Crippen LogP) is 2.62. The molecule has 0 saturated heterocycles. The number of benzene rings is 2. The maximum Gasteiger partial charge on any atom is 0.253 e. The number of hydrogen-bond donors (Lipinski definition) is 6. The largest absolute Gasteiger partial charge is 0.508 e. The minimum absolute atomic E-state index is 0.0893. The highest BCUT2D eigenvalue weighted by Crippen LogP contribution is 2.33. The summed E-state index contributed by atoms with van der Waals surface area (Å²) in [5.74, 6) is -1.32. The summed E-state index contributed by atoms with van der Waals surface area (Å²) in [6.45, 7) is 3.34. The van der Waals surface area contributed by atoms with Crippen LogP contribution in [0, 0.1) is 0 Å². The predicted molar refractivity (Wildman–Crippen MR) is 142 cm³/mol. The molecule has 2 aromatic carbocycles. The molecule has 1 heterocycles. The molecule has 0 fully saturated rings. The van der Waals surface area contributed by atoms with E-state index in [4.69, 9.17) is 0 Å². The van der Waals surface area contributed by atoms with E-state index in [1.54, 1.807) is 13.8 Å². The molecule has 2 atom stereocenters. The first-order valence-corrected chi connectivity index (χ1v) is 13.1. The van der Waals surface area contributed by atoms with Crippen molar-refractivity contribution < 1.29 is 30.0 Å². The van der Waals surface area contributed by atoms with Gasteiger partial charge in [-0.15, -0.1) is 10.2 Å². The molecule has 12 nitrogen and oxygen atoms in total. The number of nitrogens with one attached hydrogen (secondary N) is 2. The van der Waals surface area contributed by atoms with E-state index in [0.717, 1.165) is 12.1 Å². The Bertz CT molecular complexity index is 1230. The Labute approximate surface area is 223 Å². The zero-order valence-electron chi connectivity index (χ0n) is 19.4. The highest BCUT2D eigenvalue weighted by atomic mass is 32.2. The number of phenols is 4. The molecule has 194 valence electrons. The van der Waals surface area contributed by atoms with Crippen molar-refractivity contribution in [3.05, 3.63) is 47.5 Å². The fraction of sp³-hybridized carbons (Fsp3) is 0.182. The summed E-state index contributed by atoms with van der Waals surface area (Å²) in [6, 6.07) is 7.99. The summed E-state index contributed by atoms with van der Waals surface area (Å²) in [5, 5.41) is 52.7. The molecule has 37 heavy (non-hydrogen) atoms. The average Bonchev–Trinajstić information content (AvgIpc) is 3.28. The third-order valence-corrected chi connectivity index (χ3v) is 7.76. The lowest BCUT2D eigenvalue weighted by molar-refractivity contribution is -0.121. The molecule has 1 aromatic heterocycles. The molecule has 3 aromatic rings. The molecule has 0 spiro atoms. The Morgan fingerprint density at radius 3 is 1.59 bits per heavy atom. The van der Waals surface area contributed by atoms with E-state index in [1.165, 1.54) is 71.6 Å². The van der Waals surface area contributed by atoms with Crippen molar-refractivity contribution in [1.29, 1.82) is 0 Å². The van der Waals surface area contributed by atoms with Crippen LogP contribution < -0.4 is 10.9 Å². The quantitative estimate of drug-likeness (QED) is 0.122. The van der Waals surface area contributed by atoms with Crippen molar-refractivity contribution in [3.8, 4) is 23.0 Å². The third kappa shape index (κ3) is 8.37. The van der Waals surface area contributed by atoms with Crippen molar-refractivity contribution in [2.45, 2.75) is 33.0 Å². The number of amides is 2. The molecule has 0 saturated carbocycles. The summed E-state index contributed by atoms with van der Waals surface area (Å²) < 4.78 is 1.05. The van der Waals surface area contributed by atoms with Crippen LogP contribution in [-0.2, 0) is 9.59 Å². The van der Waals surface area contributed by atoms with Crippen LogP contribution in [-0.4, -0.2) is 65.4 Å². The average molecular weight is 563 g/mol. The summed E-state index contributed by atoms with van der Waals surface area (Å²) in [6.07, 6.45) is 2.52. The van der Waals surface area contributed by atoms with Crippen molar-refractivity contribution in [2.75, 3.05) is 0 Å². The van der Waals surface area contributed by atoms with Gasteiger partial charge in [-0.2, -0.15) is 10.2 Å². The second-order valence-electron chi connectivity index (χ2n) is 7.31. The third-order valence-electron chi connectivity index (χ3n) is 4.47. The second-order valence-corrected chi connectivity index (χ2v) is 11.5. The Morgan fingerprint density at radius 2 is 1.22 bits per heavy atom. The van der Waals surface area contributed by atoms with Crippen LogP contribution in [0.4, 0.5) is 0 Å². The molecular formula is C22H22N6O6S3. The fourth-order valence-corrected chi connectivity index (χ4v) is 5.79. The van der Waals surface area contributed by atoms with E-state index >= 15 is 0 Å². The SMILES string of the molecule is C[C@H](Sc1nnc(S[C@@H](C)C(=O)N/N=C\c2ccc(O)cc2O)s1)C(=O)N/N=C\c1ccc(O)cc1O. The minimum Gasteiger partial charge on any atom is -0.508 e. The van der Waals surface area contributed by atoms with Gasteiger partial charge in [0, 0.05) is 23.3 Å². The summed E-state index contributed by atoms with van der Waals surface area (Å²) in [5.41, 5.74) is 5.41. The highest BCUT2D eigenvalue weighted by molar-refractivity contribution is 8.04. The molecule has 3 rings (SSSR count). The zero-order chi connectivity index (χ0) is 26.9. The van der Waals surface area contributed by atoms with Gasteiger partial charge in [-0.1, -0.05) is 34.9 Å². The van der Waals surface area contributed by atoms with E-state index in [1.807, 2.05) is 0 Å². The van der Waals surface area contributed by atoms with Gasteiger partial charge in [0.2, 0.25) is 0 Å². The number of aromatic hydroxyl groups is 4. The van der Waals surface area contributed by atoms with Gasteiger partial charge >= 0.3 is 0 Å². The minimum atomic E-state index is -0.553. The van der Waals surface area contributed by atoms with Crippen LogP contribution in [0.3, 0.4) is 0 Å². The number of hydrazone groups is 2. The van der Waals surface area contributed by atoms with E-state index in [9.17, 15) is 30.0 Å². The number of hydrogen-bond acceptors (Lipinski definition) is 13. The lowest BCUT2D eigenvalue weighted by atomic mass is 10.2. The molecule has 0 aliphatic carbocycles. The van der Waals surface area contributed by atoms with Crippen LogP contribution in [0.25, 0.3) is 0 Å². The Morgan fingerprint density at radius 1 is 0.811 bits per heavy atom. The van der Waals surface area contributed by atoms with Crippen molar-refractivity contribution >= 4 is 59.1 Å². The zero-order valence-corrected chi connectivity index (χ0v) is 21.8. The molecule has 0 radical (unpaired) electrons. The van der Waals surface area contributed by atoms with Gasteiger partial charge in [0.05, 0.1) is 22.9 Å². The first-order chi connectivity index (χ1) is 17.6. The summed E-state index contributed by atoms with van der Waals surface area (Å²) in [7, 11) is 0. The van der Waals surface area contributed by atoms with Crippen LogP contribution in [0.5, 0.6) is 23.0 Å². The number of phenolic OH excluding ortho intramolecular Hbond substituents is 4. The molecule has 0 unspecified atom stereocenters. The first kappa shape index (κ1) is 27.8. The summed E-state index contributed by atoms with van der Waals surface area (Å²) >= 11 is 3.57. The maximum absolute atomic E-state index is 12.3. The molecule has 2 amide bonds. The van der Waals surface area contributed by atoms with Gasteiger partial charge in [0.25, 0.3) is 11.8 Å². The lowest BCUT2D eigenvalue weighted by Gasteiger charge is -2.07. The van der Waals surface area contributed by atoms with E-state index in [2.05, 4.69) is 31.3 Å². The number of thioether (sulfide) groups is 2. The first-order valence-electron chi connectivity index (χ1n) is 10.5. The van der Waals surface area contributed by atoms with Gasteiger partial charge in [-0.3, -0.25) is 9.59 Å². The lowest BCUT2D eigenvalue weighted by Crippen LogP contribution is -2.26. The summed E-state index contributed by atoms with van der Waals surface area (Å²) in [4.78, 5) is 24.6. The topological polar surface area (TPSA) is 190 Å². The second kappa shape index (κ2) is 12.9. The van der Waals surface area contributed by atoms with Gasteiger partial charge in [-0.25, -0.2) is 10.9 Å². The van der Waals surface area contributed by atoms with Crippen molar-refractivity contribution in [1.82, 2.24) is 21.0 Å². The Balaban J connectivity index is 1.46. The Kier molecular flexibility index (Phi) is 9.71. The molecule has 6 N–H and O–H groups in total. The molecule has 0 aliphatic heterocycles. The fourth-order valence-electron chi connectivity index (χ4n) is 2.50. The standard InChI is InChI=1S/C22H22N6O6S3/c1-11(19(33)25-23-9-13-3-5-15(29)7-17(13)31)35-21-27-28-22(37-21)36-12(2)20(34)26-24-10-14-4-6-16(30)8-18(14)32/h3-12,29-32H,1-2H3,(H,25,33)(H,26,34)/b23-9-,24-10-/t11-,12-/m0/s1. The number of nitrogens with zero attached hydrogens (tertiary/aromatic N) is 4. The maximum atomic E-state index is 12.3. The van der Waals surface area contributed by atoms with E-state index in [0.29, 0.717) is 19.8 Å². The van der Waals surface area contributed by atoms with Crippen LogP contribution in [0.15, 0.2) is 55.3 Å². The van der Waals surface area contributed by atoms with Crippen LogP contribution >= 0.6 is 34.9 Å². The van der Waals surface area contributed by atoms with Gasteiger partial charge in [0.15, 0.2) is 8.68 Å². The molecule has 0 bridgehead atoms. The van der Waals surface area contributed by atoms with Gasteiger partial charge in [0.1, 0.15) is 23.0 Å². The van der Waals surface area contributed by atoms with Gasteiger partial charge in [-0.05, 0) is 38.1 Å².